The number of halogens is 1. The van der Waals surface area contributed by atoms with Crippen LogP contribution in [-0.2, 0) is 18.1 Å². The van der Waals surface area contributed by atoms with Crippen molar-refractivity contribution in [2.24, 2.45) is 5.73 Å². The Bertz CT molecular complexity index is 554. The van der Waals surface area contributed by atoms with E-state index in [2.05, 4.69) is 31.2 Å². The fourth-order valence-electron chi connectivity index (χ4n) is 2.01. The van der Waals surface area contributed by atoms with E-state index in [4.69, 9.17) is 5.73 Å². The molecule has 2 rings (SSSR count). The van der Waals surface area contributed by atoms with Gasteiger partial charge in [-0.3, -0.25) is 0 Å². The van der Waals surface area contributed by atoms with Crippen LogP contribution in [0, 0.1) is 12.7 Å². The highest BCUT2D eigenvalue weighted by molar-refractivity contribution is 7.97. The minimum Gasteiger partial charge on any atom is -0.326 e. The molecule has 2 aromatic rings. The third-order valence-corrected chi connectivity index (χ3v) is 4.05. The average molecular weight is 275 g/mol. The molecule has 0 radical (unpaired) electrons. The Kier molecular flexibility index (Phi) is 5.00. The predicted molar refractivity (Wildman–Crippen MR) is 80.5 cm³/mol. The van der Waals surface area contributed by atoms with Gasteiger partial charge in [-0.05, 0) is 35.7 Å². The van der Waals surface area contributed by atoms with E-state index in [0.717, 1.165) is 22.6 Å². The summed E-state index contributed by atoms with van der Waals surface area (Å²) in [5, 5.41) is 0. The van der Waals surface area contributed by atoms with E-state index in [1.165, 1.54) is 23.3 Å². The zero-order chi connectivity index (χ0) is 13.7. The van der Waals surface area contributed by atoms with Gasteiger partial charge in [-0.15, -0.1) is 0 Å². The molecule has 0 saturated carbocycles. The van der Waals surface area contributed by atoms with E-state index >= 15 is 0 Å². The lowest BCUT2D eigenvalue weighted by atomic mass is 10.1. The number of hydrogen-bond donors (Lipinski definition) is 1. The number of aryl methyl sites for hydroxylation is 1. The molecule has 0 amide bonds. The van der Waals surface area contributed by atoms with E-state index in [1.807, 2.05) is 17.8 Å². The molecule has 0 aromatic heterocycles. The molecule has 100 valence electrons. The third kappa shape index (κ3) is 4.08. The van der Waals surface area contributed by atoms with Crippen LogP contribution in [0.5, 0.6) is 0 Å². The number of rotatable bonds is 5. The third-order valence-electron chi connectivity index (χ3n) is 3.00. The van der Waals surface area contributed by atoms with E-state index < -0.39 is 0 Å². The smallest absolute Gasteiger partial charge is 0.123 e. The Morgan fingerprint density at radius 1 is 1.05 bits per heavy atom. The molecule has 2 aromatic carbocycles. The minimum absolute atomic E-state index is 0.215. The Morgan fingerprint density at radius 3 is 2.63 bits per heavy atom. The fourth-order valence-corrected chi connectivity index (χ4v) is 3.02. The van der Waals surface area contributed by atoms with E-state index in [0.29, 0.717) is 6.54 Å². The second kappa shape index (κ2) is 6.73. The Balaban J connectivity index is 1.96. The summed E-state index contributed by atoms with van der Waals surface area (Å²) in [6.45, 7) is 2.48. The highest BCUT2D eigenvalue weighted by atomic mass is 32.2. The fraction of sp³-hybridized carbons (Fsp3) is 0.250. The maximum Gasteiger partial charge on any atom is 0.123 e. The Hall–Kier alpha value is -1.32. The van der Waals surface area contributed by atoms with Crippen molar-refractivity contribution in [1.82, 2.24) is 0 Å². The lowest BCUT2D eigenvalue weighted by molar-refractivity contribution is 0.624. The summed E-state index contributed by atoms with van der Waals surface area (Å²) in [7, 11) is 0. The molecular weight excluding hydrogens is 257 g/mol. The van der Waals surface area contributed by atoms with Crippen molar-refractivity contribution in [1.29, 1.82) is 0 Å². The molecule has 0 saturated heterocycles. The first-order chi connectivity index (χ1) is 9.19. The molecule has 0 fully saturated rings. The van der Waals surface area contributed by atoms with Crippen LogP contribution in [0.1, 0.15) is 22.3 Å². The Labute approximate surface area is 118 Å². The van der Waals surface area contributed by atoms with Crippen molar-refractivity contribution in [3.05, 3.63) is 70.5 Å². The lowest BCUT2D eigenvalue weighted by Gasteiger charge is -2.08. The summed E-state index contributed by atoms with van der Waals surface area (Å²) in [6, 6.07) is 13.4. The van der Waals surface area contributed by atoms with Gasteiger partial charge < -0.3 is 5.73 Å². The first kappa shape index (κ1) is 14.1. The molecule has 0 spiro atoms. The van der Waals surface area contributed by atoms with Crippen molar-refractivity contribution >= 4 is 11.8 Å². The number of hydrogen-bond acceptors (Lipinski definition) is 2. The van der Waals surface area contributed by atoms with Crippen molar-refractivity contribution < 1.29 is 4.39 Å². The second-order valence-corrected chi connectivity index (χ2v) is 5.58. The first-order valence-electron chi connectivity index (χ1n) is 6.29. The minimum atomic E-state index is -0.215. The molecule has 0 unspecified atom stereocenters. The summed E-state index contributed by atoms with van der Waals surface area (Å²) in [5.74, 6) is 1.61. The predicted octanol–water partition coefficient (Wildman–Crippen LogP) is 4.03. The summed E-state index contributed by atoms with van der Waals surface area (Å²) >= 11 is 1.83. The molecule has 1 nitrogen and oxygen atoms in total. The van der Waals surface area contributed by atoms with E-state index in [-0.39, 0.29) is 5.82 Å². The molecule has 19 heavy (non-hydrogen) atoms. The maximum absolute atomic E-state index is 13.1. The van der Waals surface area contributed by atoms with Crippen molar-refractivity contribution in [2.45, 2.75) is 25.0 Å². The molecule has 3 heteroatoms. The van der Waals surface area contributed by atoms with Crippen LogP contribution in [0.2, 0.25) is 0 Å². The maximum atomic E-state index is 13.1. The van der Waals surface area contributed by atoms with Crippen molar-refractivity contribution in [3.8, 4) is 0 Å². The molecule has 0 aliphatic rings. The van der Waals surface area contributed by atoms with Gasteiger partial charge in [-0.2, -0.15) is 11.8 Å². The van der Waals surface area contributed by atoms with Gasteiger partial charge in [0.15, 0.2) is 0 Å². The largest absolute Gasteiger partial charge is 0.326 e. The molecule has 0 aliphatic carbocycles. The van der Waals surface area contributed by atoms with Gasteiger partial charge in [-0.1, -0.05) is 35.9 Å². The van der Waals surface area contributed by atoms with Crippen molar-refractivity contribution in [3.63, 3.8) is 0 Å². The summed E-state index contributed by atoms with van der Waals surface area (Å²) < 4.78 is 13.1. The topological polar surface area (TPSA) is 26.0 Å². The molecule has 0 atom stereocenters. The zero-order valence-electron chi connectivity index (χ0n) is 11.0. The average Bonchev–Trinajstić information content (AvgIpc) is 2.40. The number of nitrogens with two attached hydrogens (primary N) is 1. The highest BCUT2D eigenvalue weighted by Gasteiger charge is 2.03. The van der Waals surface area contributed by atoms with Crippen LogP contribution in [0.3, 0.4) is 0 Å². The quantitative estimate of drug-likeness (QED) is 0.891. The van der Waals surface area contributed by atoms with Gasteiger partial charge in [0, 0.05) is 18.1 Å². The summed E-state index contributed by atoms with van der Waals surface area (Å²) in [4.78, 5) is 0. The SMILES string of the molecule is Cc1cccc(CSCc2ccc(F)cc2CN)c1. The van der Waals surface area contributed by atoms with Gasteiger partial charge in [-0.25, -0.2) is 4.39 Å². The monoisotopic (exact) mass is 275 g/mol. The summed E-state index contributed by atoms with van der Waals surface area (Å²) in [5.41, 5.74) is 10.3. The van der Waals surface area contributed by atoms with E-state index in [1.54, 1.807) is 0 Å². The second-order valence-electron chi connectivity index (χ2n) is 4.60. The standard InChI is InChI=1S/C16H18FNS/c1-12-3-2-4-13(7-12)10-19-11-14-5-6-16(17)8-15(14)9-18/h2-8H,9-11,18H2,1H3. The van der Waals surface area contributed by atoms with Gasteiger partial charge in [0.05, 0.1) is 0 Å². The molecule has 2 N–H and O–H groups in total. The number of thioether (sulfide) groups is 1. The molecule has 0 heterocycles. The highest BCUT2D eigenvalue weighted by Crippen LogP contribution is 2.21. The van der Waals surface area contributed by atoms with Gasteiger partial charge in [0.25, 0.3) is 0 Å². The Morgan fingerprint density at radius 2 is 1.89 bits per heavy atom. The molecule has 0 bridgehead atoms. The van der Waals surface area contributed by atoms with Crippen LogP contribution in [0.25, 0.3) is 0 Å². The molecule has 0 aliphatic heterocycles. The van der Waals surface area contributed by atoms with Gasteiger partial charge in [0.1, 0.15) is 5.82 Å². The van der Waals surface area contributed by atoms with Crippen LogP contribution in [0.4, 0.5) is 4.39 Å². The van der Waals surface area contributed by atoms with Crippen LogP contribution in [0.15, 0.2) is 42.5 Å². The lowest BCUT2D eigenvalue weighted by Crippen LogP contribution is -2.01. The van der Waals surface area contributed by atoms with Crippen LogP contribution < -0.4 is 5.73 Å². The van der Waals surface area contributed by atoms with Gasteiger partial charge >= 0.3 is 0 Å². The molecular formula is C16H18FNS. The first-order valence-corrected chi connectivity index (χ1v) is 7.45. The zero-order valence-corrected chi connectivity index (χ0v) is 11.8. The normalized spacial score (nSPS) is 10.7. The van der Waals surface area contributed by atoms with Gasteiger partial charge in [0.2, 0.25) is 0 Å². The van der Waals surface area contributed by atoms with Crippen LogP contribution in [-0.4, -0.2) is 0 Å². The van der Waals surface area contributed by atoms with E-state index in [9.17, 15) is 4.39 Å². The number of benzene rings is 2. The van der Waals surface area contributed by atoms with Crippen molar-refractivity contribution in [2.75, 3.05) is 0 Å². The summed E-state index contributed by atoms with van der Waals surface area (Å²) in [6.07, 6.45) is 0. The van der Waals surface area contributed by atoms with Crippen LogP contribution >= 0.6 is 11.8 Å².